The second kappa shape index (κ2) is 4.58. The number of benzene rings is 1. The maximum absolute atomic E-state index is 11.2. The van der Waals surface area contributed by atoms with Gasteiger partial charge in [-0.05, 0) is 24.3 Å². The molecule has 7 heteroatoms. The minimum Gasteiger partial charge on any atom is -0.469 e. The molecule has 2 rings (SSSR count). The lowest BCUT2D eigenvalue weighted by Gasteiger charge is -2.39. The third kappa shape index (κ3) is 2.46. The molecule has 1 heterocycles. The van der Waals surface area contributed by atoms with Crippen LogP contribution in [0.5, 0.6) is 0 Å². The minimum absolute atomic E-state index is 0.0799. The molecule has 98 valence electrons. The first kappa shape index (κ1) is 12.8. The summed E-state index contributed by atoms with van der Waals surface area (Å²) in [6.45, 7) is 1.17. The molecule has 1 saturated heterocycles. The van der Waals surface area contributed by atoms with Crippen molar-refractivity contribution in [2.75, 3.05) is 25.1 Å². The number of rotatable bonds is 3. The second-order valence-electron chi connectivity index (χ2n) is 4.16. The fraction of sp³-hybridized carbons (Fsp3) is 0.364. The molecule has 0 bridgehead atoms. The van der Waals surface area contributed by atoms with Crippen molar-refractivity contribution in [3.05, 3.63) is 24.3 Å². The smallest absolute Gasteiger partial charge is 0.312 e. The van der Waals surface area contributed by atoms with Crippen molar-refractivity contribution in [3.63, 3.8) is 0 Å². The van der Waals surface area contributed by atoms with Crippen LogP contribution in [0.25, 0.3) is 0 Å². The number of hydrogen-bond donors (Lipinski definition) is 1. The van der Waals surface area contributed by atoms with Crippen LogP contribution < -0.4 is 10.0 Å². The highest BCUT2D eigenvalue weighted by Crippen LogP contribution is 2.26. The zero-order chi connectivity index (χ0) is 13.3. The molecule has 0 atom stereocenters. The summed E-state index contributed by atoms with van der Waals surface area (Å²) in [5.41, 5.74) is 0.863. The van der Waals surface area contributed by atoms with Gasteiger partial charge < -0.3 is 9.64 Å². The lowest BCUT2D eigenvalue weighted by atomic mass is 9.99. The number of nitrogens with two attached hydrogens (primary N) is 1. The van der Waals surface area contributed by atoms with E-state index in [4.69, 9.17) is 5.14 Å². The summed E-state index contributed by atoms with van der Waals surface area (Å²) >= 11 is 0. The Hall–Kier alpha value is -1.60. The van der Waals surface area contributed by atoms with E-state index in [1.165, 1.54) is 19.2 Å². The molecule has 0 aromatic heterocycles. The first-order chi connectivity index (χ1) is 8.41. The molecule has 1 aromatic carbocycles. The van der Waals surface area contributed by atoms with Crippen LogP contribution in [0.2, 0.25) is 0 Å². The summed E-state index contributed by atoms with van der Waals surface area (Å²) in [7, 11) is -2.29. The van der Waals surface area contributed by atoms with Crippen molar-refractivity contribution >= 4 is 21.7 Å². The van der Waals surface area contributed by atoms with Gasteiger partial charge in [0.1, 0.15) is 0 Å². The highest BCUT2D eigenvalue weighted by atomic mass is 32.2. The van der Waals surface area contributed by atoms with Crippen molar-refractivity contribution < 1.29 is 17.9 Å². The first-order valence-electron chi connectivity index (χ1n) is 5.37. The van der Waals surface area contributed by atoms with Crippen molar-refractivity contribution in [3.8, 4) is 0 Å². The molecule has 1 aliphatic heterocycles. The van der Waals surface area contributed by atoms with E-state index >= 15 is 0 Å². The van der Waals surface area contributed by atoms with Gasteiger partial charge in [0.15, 0.2) is 0 Å². The van der Waals surface area contributed by atoms with Crippen LogP contribution in [0.3, 0.4) is 0 Å². The summed E-state index contributed by atoms with van der Waals surface area (Å²) in [5.74, 6) is -0.319. The molecule has 1 fully saturated rings. The summed E-state index contributed by atoms with van der Waals surface area (Å²) in [4.78, 5) is 13.3. The highest BCUT2D eigenvalue weighted by molar-refractivity contribution is 7.89. The number of methoxy groups -OCH3 is 1. The van der Waals surface area contributed by atoms with Gasteiger partial charge in [0.25, 0.3) is 0 Å². The van der Waals surface area contributed by atoms with Gasteiger partial charge in [-0.25, -0.2) is 13.6 Å². The normalized spacial score (nSPS) is 16.2. The van der Waals surface area contributed by atoms with Gasteiger partial charge in [-0.3, -0.25) is 4.79 Å². The van der Waals surface area contributed by atoms with Gasteiger partial charge in [-0.15, -0.1) is 0 Å². The van der Waals surface area contributed by atoms with E-state index in [2.05, 4.69) is 4.74 Å². The molecule has 0 radical (unpaired) electrons. The van der Waals surface area contributed by atoms with E-state index in [0.29, 0.717) is 13.1 Å². The fourth-order valence-electron chi connectivity index (χ4n) is 1.85. The Labute approximate surface area is 105 Å². The summed E-state index contributed by atoms with van der Waals surface area (Å²) in [6.07, 6.45) is 0. The van der Waals surface area contributed by atoms with E-state index in [0.717, 1.165) is 5.69 Å². The number of nitrogens with zero attached hydrogens (tertiary/aromatic N) is 1. The quantitative estimate of drug-likeness (QED) is 0.777. The SMILES string of the molecule is COC(=O)C1CN(c2ccc(S(N)(=O)=O)cc2)C1. The average Bonchev–Trinajstić information content (AvgIpc) is 2.26. The van der Waals surface area contributed by atoms with E-state index in [-0.39, 0.29) is 16.8 Å². The van der Waals surface area contributed by atoms with Crippen LogP contribution >= 0.6 is 0 Å². The summed E-state index contributed by atoms with van der Waals surface area (Å²) in [5, 5.41) is 5.01. The van der Waals surface area contributed by atoms with Gasteiger partial charge in [0.05, 0.1) is 17.9 Å². The third-order valence-corrected chi connectivity index (χ3v) is 3.88. The number of hydrogen-bond acceptors (Lipinski definition) is 5. The van der Waals surface area contributed by atoms with Crippen molar-refractivity contribution in [2.24, 2.45) is 11.1 Å². The van der Waals surface area contributed by atoms with E-state index < -0.39 is 10.0 Å². The topological polar surface area (TPSA) is 89.7 Å². The maximum atomic E-state index is 11.2. The number of anilines is 1. The van der Waals surface area contributed by atoms with Crippen molar-refractivity contribution in [1.29, 1.82) is 0 Å². The summed E-state index contributed by atoms with van der Waals surface area (Å²) < 4.78 is 26.8. The molecule has 0 amide bonds. The van der Waals surface area contributed by atoms with Gasteiger partial charge in [-0.2, -0.15) is 0 Å². The molecule has 0 unspecified atom stereocenters. The zero-order valence-corrected chi connectivity index (χ0v) is 10.7. The van der Waals surface area contributed by atoms with Gasteiger partial charge in [0, 0.05) is 18.8 Å². The lowest BCUT2D eigenvalue weighted by molar-refractivity contribution is -0.146. The number of carbonyl (C=O) groups excluding carboxylic acids is 1. The first-order valence-corrected chi connectivity index (χ1v) is 6.92. The lowest BCUT2D eigenvalue weighted by Crippen LogP contribution is -2.50. The third-order valence-electron chi connectivity index (χ3n) is 2.95. The Balaban J connectivity index is 2.03. The predicted molar refractivity (Wildman–Crippen MR) is 65.5 cm³/mol. The number of carbonyl (C=O) groups is 1. The molecule has 1 aromatic rings. The molecule has 0 saturated carbocycles. The zero-order valence-electron chi connectivity index (χ0n) is 9.87. The molecule has 6 nitrogen and oxygen atoms in total. The summed E-state index contributed by atoms with van der Waals surface area (Å²) in [6, 6.07) is 6.26. The van der Waals surface area contributed by atoms with Gasteiger partial charge in [-0.1, -0.05) is 0 Å². The number of esters is 1. The molecular formula is C11H14N2O4S. The molecule has 1 aliphatic rings. The Morgan fingerprint density at radius 3 is 2.33 bits per heavy atom. The molecule has 2 N–H and O–H groups in total. The second-order valence-corrected chi connectivity index (χ2v) is 5.73. The standard InChI is InChI=1S/C11H14N2O4S/c1-17-11(14)8-6-13(7-8)9-2-4-10(5-3-9)18(12,15)16/h2-5,8H,6-7H2,1H3,(H2,12,15,16). The number of primary sulfonamides is 1. The Bertz CT molecular complexity index is 547. The Morgan fingerprint density at radius 1 is 1.33 bits per heavy atom. The minimum atomic E-state index is -3.65. The Kier molecular flexibility index (Phi) is 3.27. The van der Waals surface area contributed by atoms with E-state index in [9.17, 15) is 13.2 Å². The van der Waals surface area contributed by atoms with Crippen molar-refractivity contribution in [2.45, 2.75) is 4.90 Å². The number of ether oxygens (including phenoxy) is 1. The van der Waals surface area contributed by atoms with E-state index in [1.54, 1.807) is 12.1 Å². The molecular weight excluding hydrogens is 256 g/mol. The average molecular weight is 270 g/mol. The molecule has 18 heavy (non-hydrogen) atoms. The molecule has 0 aliphatic carbocycles. The largest absolute Gasteiger partial charge is 0.469 e. The van der Waals surface area contributed by atoms with Crippen LogP contribution in [0, 0.1) is 5.92 Å². The van der Waals surface area contributed by atoms with Crippen LogP contribution in [-0.2, 0) is 19.6 Å². The van der Waals surface area contributed by atoms with Crippen molar-refractivity contribution in [1.82, 2.24) is 0 Å². The van der Waals surface area contributed by atoms with Crippen LogP contribution in [0.1, 0.15) is 0 Å². The van der Waals surface area contributed by atoms with E-state index in [1.807, 2.05) is 4.90 Å². The fourth-order valence-corrected chi connectivity index (χ4v) is 2.37. The monoisotopic (exact) mass is 270 g/mol. The maximum Gasteiger partial charge on any atom is 0.312 e. The van der Waals surface area contributed by atoms with Gasteiger partial charge >= 0.3 is 5.97 Å². The van der Waals surface area contributed by atoms with Crippen LogP contribution in [0.4, 0.5) is 5.69 Å². The molecule has 0 spiro atoms. The van der Waals surface area contributed by atoms with Crippen LogP contribution in [0.15, 0.2) is 29.2 Å². The highest BCUT2D eigenvalue weighted by Gasteiger charge is 2.33. The number of sulfonamides is 1. The van der Waals surface area contributed by atoms with Gasteiger partial charge in [0.2, 0.25) is 10.0 Å². The van der Waals surface area contributed by atoms with Crippen LogP contribution in [-0.4, -0.2) is 34.6 Å². The predicted octanol–water partition coefficient (Wildman–Crippen LogP) is -0.0568. The Morgan fingerprint density at radius 2 is 1.89 bits per heavy atom.